The molecule has 116 valence electrons. The van der Waals surface area contributed by atoms with Crippen molar-refractivity contribution in [1.29, 1.82) is 0 Å². The van der Waals surface area contributed by atoms with E-state index in [1.54, 1.807) is 0 Å². The average Bonchev–Trinajstić information content (AvgIpc) is 2.47. The summed E-state index contributed by atoms with van der Waals surface area (Å²) in [4.78, 5) is 16.5. The number of amides is 2. The van der Waals surface area contributed by atoms with Gasteiger partial charge in [-0.1, -0.05) is 12.1 Å². The van der Waals surface area contributed by atoms with Crippen molar-refractivity contribution in [1.82, 2.24) is 9.80 Å². The Balaban J connectivity index is 1.89. The number of benzene rings is 1. The lowest BCUT2D eigenvalue weighted by molar-refractivity contribution is 0.0715. The van der Waals surface area contributed by atoms with E-state index >= 15 is 0 Å². The molecule has 0 bridgehead atoms. The summed E-state index contributed by atoms with van der Waals surface area (Å²) in [6, 6.07) is 7.84. The molecule has 5 nitrogen and oxygen atoms in total. The van der Waals surface area contributed by atoms with Gasteiger partial charge >= 0.3 is 6.03 Å². The molecule has 21 heavy (non-hydrogen) atoms. The van der Waals surface area contributed by atoms with Gasteiger partial charge < -0.3 is 16.0 Å². The number of carbonyl (C=O) groups excluding carboxylic acids is 1. The van der Waals surface area contributed by atoms with Crippen LogP contribution in [-0.4, -0.2) is 54.1 Å². The van der Waals surface area contributed by atoms with Crippen molar-refractivity contribution in [3.05, 3.63) is 29.8 Å². The monoisotopic (exact) mass is 290 g/mol. The highest BCUT2D eigenvalue weighted by Crippen LogP contribution is 2.16. The molecule has 3 N–H and O–H groups in total. The smallest absolute Gasteiger partial charge is 0.321 e. The molecule has 5 heteroatoms. The fourth-order valence-electron chi connectivity index (χ4n) is 2.57. The van der Waals surface area contributed by atoms with Crippen molar-refractivity contribution in [2.75, 3.05) is 38.0 Å². The molecule has 2 amide bonds. The Morgan fingerprint density at radius 3 is 2.52 bits per heavy atom. The fourth-order valence-corrected chi connectivity index (χ4v) is 2.57. The van der Waals surface area contributed by atoms with Crippen LogP contribution < -0.4 is 11.1 Å². The Bertz CT molecular complexity index is 493. The number of nitrogens with one attached hydrogen (secondary N) is 1. The molecule has 1 saturated heterocycles. The van der Waals surface area contributed by atoms with Crippen molar-refractivity contribution in [3.8, 4) is 0 Å². The van der Waals surface area contributed by atoms with E-state index in [2.05, 4.69) is 24.1 Å². The minimum atomic E-state index is -0.0224. The maximum absolute atomic E-state index is 12.3. The Hall–Kier alpha value is -1.59. The van der Waals surface area contributed by atoms with Crippen LogP contribution in [0.1, 0.15) is 19.4 Å². The van der Waals surface area contributed by atoms with Gasteiger partial charge in [0.1, 0.15) is 0 Å². The van der Waals surface area contributed by atoms with E-state index in [1.165, 1.54) is 0 Å². The molecular formula is C16H26N4O. The van der Waals surface area contributed by atoms with Gasteiger partial charge in [-0.3, -0.25) is 4.90 Å². The molecule has 1 aromatic carbocycles. The van der Waals surface area contributed by atoms with Gasteiger partial charge in [-0.25, -0.2) is 4.79 Å². The summed E-state index contributed by atoms with van der Waals surface area (Å²) in [5.74, 6) is 0. The summed E-state index contributed by atoms with van der Waals surface area (Å²) in [5, 5.41) is 2.96. The van der Waals surface area contributed by atoms with Gasteiger partial charge in [0.05, 0.1) is 0 Å². The summed E-state index contributed by atoms with van der Waals surface area (Å²) in [7, 11) is 0. The molecule has 0 saturated carbocycles. The Kier molecular flexibility index (Phi) is 4.85. The van der Waals surface area contributed by atoms with E-state index in [0.717, 1.165) is 37.4 Å². The van der Waals surface area contributed by atoms with Crippen molar-refractivity contribution in [3.63, 3.8) is 0 Å². The third-order valence-corrected chi connectivity index (χ3v) is 4.19. The molecule has 0 aliphatic carbocycles. The highest BCUT2D eigenvalue weighted by Gasteiger charge is 2.30. The number of anilines is 1. The number of piperazine rings is 1. The van der Waals surface area contributed by atoms with Crippen molar-refractivity contribution >= 4 is 11.7 Å². The van der Waals surface area contributed by atoms with Gasteiger partial charge in [0, 0.05) is 44.0 Å². The van der Waals surface area contributed by atoms with Gasteiger partial charge in [-0.15, -0.1) is 0 Å². The van der Waals surface area contributed by atoms with Crippen LogP contribution >= 0.6 is 0 Å². The van der Waals surface area contributed by atoms with Crippen molar-refractivity contribution in [2.24, 2.45) is 5.73 Å². The minimum absolute atomic E-state index is 0.000885. The molecule has 1 aliphatic heterocycles. The largest absolute Gasteiger partial charge is 0.329 e. The van der Waals surface area contributed by atoms with Crippen molar-refractivity contribution < 1.29 is 4.79 Å². The van der Waals surface area contributed by atoms with Gasteiger partial charge in [0.2, 0.25) is 0 Å². The summed E-state index contributed by atoms with van der Waals surface area (Å²) in [5.41, 5.74) is 7.81. The predicted octanol–water partition coefficient (Wildman–Crippen LogP) is 1.88. The highest BCUT2D eigenvalue weighted by molar-refractivity contribution is 5.89. The minimum Gasteiger partial charge on any atom is -0.329 e. The van der Waals surface area contributed by atoms with E-state index in [0.29, 0.717) is 6.54 Å². The molecule has 1 fully saturated rings. The number of nitrogens with two attached hydrogens (primary N) is 1. The lowest BCUT2D eigenvalue weighted by Crippen LogP contribution is -2.58. The number of hydrogen-bond donors (Lipinski definition) is 2. The van der Waals surface area contributed by atoms with Crippen LogP contribution in [0.25, 0.3) is 0 Å². The van der Waals surface area contributed by atoms with E-state index in [1.807, 2.05) is 36.1 Å². The topological polar surface area (TPSA) is 61.6 Å². The van der Waals surface area contributed by atoms with E-state index in [4.69, 9.17) is 5.73 Å². The zero-order valence-corrected chi connectivity index (χ0v) is 13.2. The quantitative estimate of drug-likeness (QED) is 0.893. The zero-order valence-electron chi connectivity index (χ0n) is 13.2. The third-order valence-electron chi connectivity index (χ3n) is 4.19. The molecule has 0 aromatic heterocycles. The zero-order chi connectivity index (χ0) is 15.5. The summed E-state index contributed by atoms with van der Waals surface area (Å²) in [6.45, 7) is 10.1. The molecule has 0 unspecified atom stereocenters. The number of carbonyl (C=O) groups is 1. The van der Waals surface area contributed by atoms with Crippen LogP contribution in [0.5, 0.6) is 0 Å². The average molecular weight is 290 g/mol. The first-order chi connectivity index (χ1) is 9.92. The van der Waals surface area contributed by atoms with Crippen LogP contribution in [0, 0.1) is 6.92 Å². The molecular weight excluding hydrogens is 264 g/mol. The fraction of sp³-hybridized carbons (Fsp3) is 0.562. The SMILES string of the molecule is Cc1cccc(NC(=O)N2CCN(C(C)(C)CN)CC2)c1. The van der Waals surface area contributed by atoms with Gasteiger partial charge in [-0.2, -0.15) is 0 Å². The van der Waals surface area contributed by atoms with Crippen molar-refractivity contribution in [2.45, 2.75) is 26.3 Å². The number of aryl methyl sites for hydroxylation is 1. The lowest BCUT2D eigenvalue weighted by Gasteiger charge is -2.43. The molecule has 0 spiro atoms. The number of hydrogen-bond acceptors (Lipinski definition) is 3. The molecule has 0 atom stereocenters. The maximum Gasteiger partial charge on any atom is 0.321 e. The molecule has 0 radical (unpaired) electrons. The maximum atomic E-state index is 12.3. The molecule has 1 aromatic rings. The van der Waals surface area contributed by atoms with E-state index in [-0.39, 0.29) is 11.6 Å². The predicted molar refractivity (Wildman–Crippen MR) is 86.5 cm³/mol. The van der Waals surface area contributed by atoms with E-state index in [9.17, 15) is 4.79 Å². The molecule has 1 heterocycles. The second-order valence-electron chi connectivity index (χ2n) is 6.29. The van der Waals surface area contributed by atoms with Gasteiger partial charge in [0.25, 0.3) is 0 Å². The van der Waals surface area contributed by atoms with E-state index < -0.39 is 0 Å². The molecule has 1 aliphatic rings. The van der Waals surface area contributed by atoms with Crippen LogP contribution in [-0.2, 0) is 0 Å². The first kappa shape index (κ1) is 15.8. The second-order valence-corrected chi connectivity index (χ2v) is 6.29. The Labute approximate surface area is 127 Å². The van der Waals surface area contributed by atoms with Gasteiger partial charge in [0.15, 0.2) is 0 Å². The van der Waals surface area contributed by atoms with Crippen LogP contribution in [0.2, 0.25) is 0 Å². The Morgan fingerprint density at radius 2 is 1.95 bits per heavy atom. The number of rotatable bonds is 3. The normalized spacial score (nSPS) is 16.9. The molecule has 2 rings (SSSR count). The van der Waals surface area contributed by atoms with Crippen LogP contribution in [0.4, 0.5) is 10.5 Å². The third kappa shape index (κ3) is 3.95. The number of nitrogens with zero attached hydrogens (tertiary/aromatic N) is 2. The van der Waals surface area contributed by atoms with Crippen LogP contribution in [0.15, 0.2) is 24.3 Å². The second kappa shape index (κ2) is 6.45. The van der Waals surface area contributed by atoms with Crippen LogP contribution in [0.3, 0.4) is 0 Å². The van der Waals surface area contributed by atoms with Gasteiger partial charge in [-0.05, 0) is 38.5 Å². The summed E-state index contributed by atoms with van der Waals surface area (Å²) in [6.07, 6.45) is 0. The Morgan fingerprint density at radius 1 is 1.29 bits per heavy atom. The highest BCUT2D eigenvalue weighted by atomic mass is 16.2. The first-order valence-corrected chi connectivity index (χ1v) is 7.50. The lowest BCUT2D eigenvalue weighted by atomic mass is 10.0. The summed E-state index contributed by atoms with van der Waals surface area (Å²) < 4.78 is 0. The summed E-state index contributed by atoms with van der Waals surface area (Å²) >= 11 is 0. The number of urea groups is 1. The standard InChI is InChI=1S/C16H26N4O/c1-13-5-4-6-14(11-13)18-15(21)19-7-9-20(10-8-19)16(2,3)12-17/h4-6,11H,7-10,12,17H2,1-3H3,(H,18,21). The first-order valence-electron chi connectivity index (χ1n) is 7.50.